The first-order valence-electron chi connectivity index (χ1n) is 3.27. The quantitative estimate of drug-likeness (QED) is 0.709. The molecule has 1 saturated carbocycles. The minimum atomic E-state index is -4.03. The third-order valence-electron chi connectivity index (χ3n) is 1.80. The van der Waals surface area contributed by atoms with Gasteiger partial charge in [0, 0.05) is 12.0 Å². The van der Waals surface area contributed by atoms with Gasteiger partial charge in [0.2, 0.25) is 0 Å². The van der Waals surface area contributed by atoms with E-state index in [1.807, 2.05) is 0 Å². The van der Waals surface area contributed by atoms with Gasteiger partial charge in [-0.2, -0.15) is 13.2 Å². The molecule has 1 aliphatic carbocycles. The molecule has 0 saturated heterocycles. The fourth-order valence-electron chi connectivity index (χ4n) is 0.801. The summed E-state index contributed by atoms with van der Waals surface area (Å²) in [6, 6.07) is 0. The smallest absolute Gasteiger partial charge is 0.325 e. The van der Waals surface area contributed by atoms with Crippen molar-refractivity contribution >= 4 is 12.4 Å². The molecule has 0 atom stereocenters. The van der Waals surface area contributed by atoms with Crippen molar-refractivity contribution in [3.63, 3.8) is 0 Å². The predicted molar refractivity (Wildman–Crippen MR) is 38.7 cm³/mol. The third-order valence-corrected chi connectivity index (χ3v) is 1.80. The lowest BCUT2D eigenvalue weighted by molar-refractivity contribution is -0.136. The van der Waals surface area contributed by atoms with Crippen molar-refractivity contribution in [3.05, 3.63) is 0 Å². The maximum absolute atomic E-state index is 11.6. The van der Waals surface area contributed by atoms with Gasteiger partial charge in [-0.15, -0.1) is 12.4 Å². The van der Waals surface area contributed by atoms with Gasteiger partial charge in [-0.05, 0) is 19.3 Å². The largest absolute Gasteiger partial charge is 0.389 e. The molecule has 0 unspecified atom stereocenters. The summed E-state index contributed by atoms with van der Waals surface area (Å²) in [7, 11) is 0. The number of halogens is 4. The minimum absolute atomic E-state index is 0. The molecule has 0 aromatic carbocycles. The Kier molecular flexibility index (Phi) is 3.20. The van der Waals surface area contributed by atoms with Crippen LogP contribution in [-0.4, -0.2) is 11.7 Å². The highest BCUT2D eigenvalue weighted by Gasteiger charge is 2.41. The van der Waals surface area contributed by atoms with E-state index in [4.69, 9.17) is 5.73 Å². The van der Waals surface area contributed by atoms with Gasteiger partial charge in [0.1, 0.15) is 0 Å². The first kappa shape index (κ1) is 11.0. The van der Waals surface area contributed by atoms with E-state index in [-0.39, 0.29) is 18.8 Å². The van der Waals surface area contributed by atoms with Crippen LogP contribution < -0.4 is 5.73 Å². The lowest BCUT2D eigenvalue weighted by Gasteiger charge is -2.09. The normalized spacial score (nSPS) is 20.7. The van der Waals surface area contributed by atoms with E-state index in [0.29, 0.717) is 0 Å². The number of hydrogen-bond acceptors (Lipinski definition) is 1. The van der Waals surface area contributed by atoms with Crippen LogP contribution in [0.1, 0.15) is 25.7 Å². The Balaban J connectivity index is 0.000001000. The summed E-state index contributed by atoms with van der Waals surface area (Å²) in [6.45, 7) is 0. The van der Waals surface area contributed by atoms with Gasteiger partial charge in [0.25, 0.3) is 0 Å². The summed E-state index contributed by atoms with van der Waals surface area (Å²) in [5.74, 6) is 0. The molecule has 0 aromatic heterocycles. The Morgan fingerprint density at radius 1 is 1.27 bits per heavy atom. The van der Waals surface area contributed by atoms with Crippen LogP contribution in [0.3, 0.4) is 0 Å². The average molecular weight is 190 g/mol. The molecule has 1 nitrogen and oxygen atoms in total. The van der Waals surface area contributed by atoms with Gasteiger partial charge in [-0.3, -0.25) is 0 Å². The van der Waals surface area contributed by atoms with Crippen molar-refractivity contribution in [2.45, 2.75) is 37.4 Å². The Morgan fingerprint density at radius 2 is 1.73 bits per heavy atom. The highest BCUT2D eigenvalue weighted by Crippen LogP contribution is 2.39. The summed E-state index contributed by atoms with van der Waals surface area (Å²) in [5, 5.41) is 0. The van der Waals surface area contributed by atoms with Gasteiger partial charge in [0.05, 0.1) is 0 Å². The molecule has 0 aromatic rings. The summed E-state index contributed by atoms with van der Waals surface area (Å²) >= 11 is 0. The van der Waals surface area contributed by atoms with Crippen LogP contribution in [0.4, 0.5) is 13.2 Å². The topological polar surface area (TPSA) is 26.0 Å². The standard InChI is InChI=1S/C6H10F3N.ClH/c7-6(8,9)4-3-5(10)1-2-5;/h1-4,10H2;1H. The first-order chi connectivity index (χ1) is 4.41. The number of nitrogens with two attached hydrogens (primary N) is 1. The molecule has 0 aliphatic heterocycles. The summed E-state index contributed by atoms with van der Waals surface area (Å²) in [6.07, 6.45) is -3.17. The molecule has 0 radical (unpaired) electrons. The molecule has 5 heteroatoms. The zero-order valence-corrected chi connectivity index (χ0v) is 6.76. The summed E-state index contributed by atoms with van der Waals surface area (Å²) in [4.78, 5) is 0. The molecule has 1 aliphatic rings. The first-order valence-corrected chi connectivity index (χ1v) is 3.27. The fourth-order valence-corrected chi connectivity index (χ4v) is 0.801. The number of alkyl halides is 3. The lowest BCUT2D eigenvalue weighted by Crippen LogP contribution is -2.24. The highest BCUT2D eigenvalue weighted by molar-refractivity contribution is 5.85. The van der Waals surface area contributed by atoms with E-state index in [0.717, 1.165) is 12.8 Å². The van der Waals surface area contributed by atoms with Gasteiger partial charge in [-0.1, -0.05) is 0 Å². The van der Waals surface area contributed by atoms with Crippen LogP contribution in [-0.2, 0) is 0 Å². The van der Waals surface area contributed by atoms with E-state index < -0.39 is 18.1 Å². The Hall–Kier alpha value is 0.0400. The SMILES string of the molecule is Cl.NC1(CCC(F)(F)F)CC1. The molecule has 68 valence electrons. The van der Waals surface area contributed by atoms with Gasteiger partial charge < -0.3 is 5.73 Å². The Bertz CT molecular complexity index is 125. The van der Waals surface area contributed by atoms with Crippen LogP contribution in [0.15, 0.2) is 0 Å². The molecule has 11 heavy (non-hydrogen) atoms. The van der Waals surface area contributed by atoms with Gasteiger partial charge in [-0.25, -0.2) is 0 Å². The van der Waals surface area contributed by atoms with Crippen molar-refractivity contribution in [1.29, 1.82) is 0 Å². The average Bonchev–Trinajstić information content (AvgIpc) is 2.43. The van der Waals surface area contributed by atoms with E-state index in [1.54, 1.807) is 0 Å². The van der Waals surface area contributed by atoms with E-state index in [2.05, 4.69) is 0 Å². The molecular formula is C6H11ClF3N. The molecule has 1 rings (SSSR count). The second-order valence-electron chi connectivity index (χ2n) is 2.98. The molecule has 0 spiro atoms. The maximum atomic E-state index is 11.6. The van der Waals surface area contributed by atoms with Crippen molar-refractivity contribution in [2.24, 2.45) is 5.73 Å². The molecule has 0 heterocycles. The van der Waals surface area contributed by atoms with Gasteiger partial charge >= 0.3 is 6.18 Å². The van der Waals surface area contributed by atoms with Crippen molar-refractivity contribution in [2.75, 3.05) is 0 Å². The molecule has 0 amide bonds. The van der Waals surface area contributed by atoms with Crippen LogP contribution >= 0.6 is 12.4 Å². The summed E-state index contributed by atoms with van der Waals surface area (Å²) in [5.41, 5.74) is 4.99. The van der Waals surface area contributed by atoms with Crippen molar-refractivity contribution in [3.8, 4) is 0 Å². The Labute approximate surface area is 69.5 Å². The van der Waals surface area contributed by atoms with Crippen LogP contribution in [0.5, 0.6) is 0 Å². The number of hydrogen-bond donors (Lipinski definition) is 1. The summed E-state index contributed by atoms with van der Waals surface area (Å²) < 4.78 is 34.7. The van der Waals surface area contributed by atoms with E-state index >= 15 is 0 Å². The second kappa shape index (κ2) is 3.19. The van der Waals surface area contributed by atoms with Gasteiger partial charge in [0.15, 0.2) is 0 Å². The highest BCUT2D eigenvalue weighted by atomic mass is 35.5. The lowest BCUT2D eigenvalue weighted by atomic mass is 10.1. The Morgan fingerprint density at radius 3 is 2.00 bits per heavy atom. The van der Waals surface area contributed by atoms with E-state index in [9.17, 15) is 13.2 Å². The zero-order valence-electron chi connectivity index (χ0n) is 5.95. The van der Waals surface area contributed by atoms with E-state index in [1.165, 1.54) is 0 Å². The maximum Gasteiger partial charge on any atom is 0.389 e. The van der Waals surface area contributed by atoms with Crippen LogP contribution in [0.2, 0.25) is 0 Å². The fraction of sp³-hybridized carbons (Fsp3) is 1.00. The molecule has 2 N–H and O–H groups in total. The monoisotopic (exact) mass is 189 g/mol. The molecular weight excluding hydrogens is 179 g/mol. The van der Waals surface area contributed by atoms with Crippen molar-refractivity contribution in [1.82, 2.24) is 0 Å². The molecule has 0 bridgehead atoms. The zero-order chi connectivity index (χ0) is 7.83. The second-order valence-corrected chi connectivity index (χ2v) is 2.98. The van der Waals surface area contributed by atoms with Crippen LogP contribution in [0.25, 0.3) is 0 Å². The molecule has 1 fully saturated rings. The predicted octanol–water partition coefficient (Wildman–Crippen LogP) is 2.24. The van der Waals surface area contributed by atoms with Crippen molar-refractivity contribution < 1.29 is 13.2 Å². The van der Waals surface area contributed by atoms with Crippen LogP contribution in [0, 0.1) is 0 Å². The third kappa shape index (κ3) is 4.48. The number of rotatable bonds is 2. The minimum Gasteiger partial charge on any atom is -0.325 e.